The van der Waals surface area contributed by atoms with Crippen molar-refractivity contribution in [3.05, 3.63) is 23.4 Å². The first kappa shape index (κ1) is 8.64. The molecule has 1 amide bonds. The van der Waals surface area contributed by atoms with Gasteiger partial charge in [-0.2, -0.15) is 0 Å². The van der Waals surface area contributed by atoms with Gasteiger partial charge in [0.1, 0.15) is 0 Å². The quantitative estimate of drug-likeness (QED) is 0.571. The Kier molecular flexibility index (Phi) is 2.74. The Morgan fingerprint density at radius 2 is 2.50 bits per heavy atom. The summed E-state index contributed by atoms with van der Waals surface area (Å²) in [5.74, 6) is 0. The second-order valence-corrected chi connectivity index (χ2v) is 2.70. The van der Waals surface area contributed by atoms with Crippen molar-refractivity contribution < 1.29 is 9.90 Å². The third kappa shape index (κ3) is 2.65. The van der Waals surface area contributed by atoms with Crippen LogP contribution in [-0.2, 0) is 0 Å². The molecule has 0 bridgehead atoms. The Hall–Kier alpha value is -1.45. The van der Waals surface area contributed by atoms with Crippen LogP contribution in [0.3, 0.4) is 0 Å². The maximum atomic E-state index is 10.1. The summed E-state index contributed by atoms with van der Waals surface area (Å²) in [6, 6.07) is 0. The van der Waals surface area contributed by atoms with Crippen molar-refractivity contribution in [2.24, 2.45) is 5.73 Å². The van der Waals surface area contributed by atoms with Gasteiger partial charge in [-0.05, 0) is 24.5 Å². The van der Waals surface area contributed by atoms with Crippen LogP contribution in [0.5, 0.6) is 0 Å². The van der Waals surface area contributed by atoms with Crippen LogP contribution in [0, 0.1) is 0 Å². The fourth-order valence-corrected chi connectivity index (χ4v) is 1.12. The number of nitrogens with two attached hydrogens (primary N) is 1. The van der Waals surface area contributed by atoms with E-state index in [1.807, 2.05) is 12.2 Å². The van der Waals surface area contributed by atoms with E-state index in [0.29, 0.717) is 6.54 Å². The van der Waals surface area contributed by atoms with Crippen molar-refractivity contribution in [2.75, 3.05) is 6.54 Å². The average molecular weight is 168 g/mol. The number of carboxylic acid groups (broad SMARTS) is 1. The molecule has 4 heteroatoms. The molecule has 4 nitrogen and oxygen atoms in total. The predicted molar refractivity (Wildman–Crippen MR) is 45.6 cm³/mol. The number of hydrogen-bond acceptors (Lipinski definition) is 2. The Labute approximate surface area is 70.8 Å². The van der Waals surface area contributed by atoms with E-state index in [9.17, 15) is 4.79 Å². The van der Waals surface area contributed by atoms with Crippen molar-refractivity contribution in [3.63, 3.8) is 0 Å². The second kappa shape index (κ2) is 3.80. The third-order valence-corrected chi connectivity index (χ3v) is 1.68. The van der Waals surface area contributed by atoms with E-state index in [0.717, 1.165) is 24.1 Å². The fourth-order valence-electron chi connectivity index (χ4n) is 1.12. The summed E-state index contributed by atoms with van der Waals surface area (Å²) in [5, 5.41) is 10.6. The molecular formula is C8H12N2O2. The average Bonchev–Trinajstić information content (AvgIpc) is 2.01. The fraction of sp³-hybridized carbons (Fsp3) is 0.375. The van der Waals surface area contributed by atoms with Crippen LogP contribution in [0.4, 0.5) is 4.79 Å². The summed E-state index contributed by atoms with van der Waals surface area (Å²) in [4.78, 5) is 10.1. The molecular weight excluding hydrogens is 156 g/mol. The van der Waals surface area contributed by atoms with Crippen LogP contribution < -0.4 is 11.1 Å². The minimum Gasteiger partial charge on any atom is -0.465 e. The van der Waals surface area contributed by atoms with Crippen LogP contribution in [0.2, 0.25) is 0 Å². The lowest BCUT2D eigenvalue weighted by Gasteiger charge is -2.10. The van der Waals surface area contributed by atoms with E-state index in [4.69, 9.17) is 10.8 Å². The minimum absolute atomic E-state index is 0.379. The highest BCUT2D eigenvalue weighted by molar-refractivity contribution is 5.64. The van der Waals surface area contributed by atoms with Gasteiger partial charge in [-0.15, -0.1) is 0 Å². The molecule has 66 valence electrons. The molecule has 0 saturated carbocycles. The zero-order valence-corrected chi connectivity index (χ0v) is 6.71. The lowest BCUT2D eigenvalue weighted by atomic mass is 10.0. The molecule has 0 saturated heterocycles. The minimum atomic E-state index is -0.996. The second-order valence-electron chi connectivity index (χ2n) is 2.70. The van der Waals surface area contributed by atoms with Crippen LogP contribution in [0.25, 0.3) is 0 Å². The highest BCUT2D eigenvalue weighted by Crippen LogP contribution is 2.13. The van der Waals surface area contributed by atoms with Crippen LogP contribution >= 0.6 is 0 Å². The third-order valence-electron chi connectivity index (χ3n) is 1.68. The van der Waals surface area contributed by atoms with E-state index in [1.54, 1.807) is 0 Å². The van der Waals surface area contributed by atoms with Crippen molar-refractivity contribution in [1.29, 1.82) is 0 Å². The number of nitrogens with one attached hydrogen (secondary N) is 1. The van der Waals surface area contributed by atoms with E-state index >= 15 is 0 Å². The van der Waals surface area contributed by atoms with E-state index in [2.05, 4.69) is 5.32 Å². The van der Waals surface area contributed by atoms with Gasteiger partial charge < -0.3 is 16.2 Å². The molecule has 0 fully saturated rings. The highest BCUT2D eigenvalue weighted by Gasteiger charge is 2.03. The van der Waals surface area contributed by atoms with Crippen molar-refractivity contribution in [1.82, 2.24) is 5.32 Å². The van der Waals surface area contributed by atoms with Gasteiger partial charge in [-0.25, -0.2) is 4.79 Å². The summed E-state index contributed by atoms with van der Waals surface area (Å²) in [5.41, 5.74) is 7.31. The van der Waals surface area contributed by atoms with Crippen molar-refractivity contribution >= 4 is 6.09 Å². The van der Waals surface area contributed by atoms with Gasteiger partial charge in [0.05, 0.1) is 0 Å². The molecule has 0 aromatic heterocycles. The SMILES string of the molecule is NC1=CCCC(CNC(=O)O)=C1. The summed E-state index contributed by atoms with van der Waals surface area (Å²) >= 11 is 0. The van der Waals surface area contributed by atoms with Gasteiger partial charge in [0.15, 0.2) is 0 Å². The highest BCUT2D eigenvalue weighted by atomic mass is 16.4. The van der Waals surface area contributed by atoms with Crippen LogP contribution in [0.15, 0.2) is 23.4 Å². The summed E-state index contributed by atoms with van der Waals surface area (Å²) < 4.78 is 0. The number of rotatable bonds is 2. The molecule has 0 aliphatic heterocycles. The molecule has 1 aliphatic carbocycles. The maximum absolute atomic E-state index is 10.1. The van der Waals surface area contributed by atoms with E-state index < -0.39 is 6.09 Å². The first-order valence-electron chi connectivity index (χ1n) is 3.80. The Morgan fingerprint density at radius 3 is 3.08 bits per heavy atom. The van der Waals surface area contributed by atoms with Gasteiger partial charge >= 0.3 is 6.09 Å². The van der Waals surface area contributed by atoms with E-state index in [-0.39, 0.29) is 0 Å². The number of amides is 1. The largest absolute Gasteiger partial charge is 0.465 e. The van der Waals surface area contributed by atoms with Gasteiger partial charge in [-0.3, -0.25) is 0 Å². The van der Waals surface area contributed by atoms with Crippen LogP contribution in [0.1, 0.15) is 12.8 Å². The Bertz CT molecular complexity index is 243. The number of hydrogen-bond donors (Lipinski definition) is 3. The van der Waals surface area contributed by atoms with E-state index in [1.165, 1.54) is 0 Å². The summed E-state index contributed by atoms with van der Waals surface area (Å²) in [6.07, 6.45) is 4.55. The van der Waals surface area contributed by atoms with Gasteiger partial charge in [0.2, 0.25) is 0 Å². The zero-order chi connectivity index (χ0) is 8.97. The Balaban J connectivity index is 2.42. The molecule has 0 heterocycles. The molecule has 0 radical (unpaired) electrons. The molecule has 1 aliphatic rings. The summed E-state index contributed by atoms with van der Waals surface area (Å²) in [6.45, 7) is 0.379. The topological polar surface area (TPSA) is 75.3 Å². The monoisotopic (exact) mass is 168 g/mol. The lowest BCUT2D eigenvalue weighted by molar-refractivity contribution is 0.195. The number of allylic oxidation sites excluding steroid dienone is 2. The molecule has 1 rings (SSSR count). The zero-order valence-electron chi connectivity index (χ0n) is 6.71. The molecule has 0 atom stereocenters. The predicted octanol–water partition coefficient (Wildman–Crippen LogP) is 0.817. The summed E-state index contributed by atoms with van der Waals surface area (Å²) in [7, 11) is 0. The van der Waals surface area contributed by atoms with Crippen LogP contribution in [-0.4, -0.2) is 17.7 Å². The standard InChI is InChI=1S/C8H12N2O2/c9-7-3-1-2-6(4-7)5-10-8(11)12/h3-4,10H,1-2,5,9H2,(H,11,12). The number of carbonyl (C=O) groups is 1. The smallest absolute Gasteiger partial charge is 0.404 e. The molecule has 4 N–H and O–H groups in total. The maximum Gasteiger partial charge on any atom is 0.404 e. The molecule has 0 unspecified atom stereocenters. The first-order valence-corrected chi connectivity index (χ1v) is 3.80. The normalized spacial score (nSPS) is 16.3. The van der Waals surface area contributed by atoms with Crippen molar-refractivity contribution in [2.45, 2.75) is 12.8 Å². The molecule has 0 aromatic rings. The first-order chi connectivity index (χ1) is 5.68. The van der Waals surface area contributed by atoms with Gasteiger partial charge in [0, 0.05) is 12.2 Å². The molecule has 0 spiro atoms. The van der Waals surface area contributed by atoms with Crippen molar-refractivity contribution in [3.8, 4) is 0 Å². The molecule has 0 aromatic carbocycles. The van der Waals surface area contributed by atoms with Gasteiger partial charge in [-0.1, -0.05) is 6.08 Å². The molecule has 12 heavy (non-hydrogen) atoms. The lowest BCUT2D eigenvalue weighted by Crippen LogP contribution is -2.24. The Morgan fingerprint density at radius 1 is 1.75 bits per heavy atom. The van der Waals surface area contributed by atoms with Gasteiger partial charge in [0.25, 0.3) is 0 Å².